The lowest BCUT2D eigenvalue weighted by Gasteiger charge is -2.27. The van der Waals surface area contributed by atoms with E-state index in [-0.39, 0.29) is 24.5 Å². The average Bonchev–Trinajstić information content (AvgIpc) is 2.38. The van der Waals surface area contributed by atoms with Gasteiger partial charge in [-0.2, -0.15) is 0 Å². The molecule has 0 saturated heterocycles. The number of hydrogen-bond acceptors (Lipinski definition) is 4. The summed E-state index contributed by atoms with van der Waals surface area (Å²) in [4.78, 5) is 13.1. The van der Waals surface area contributed by atoms with Crippen molar-refractivity contribution in [2.24, 2.45) is 5.41 Å². The van der Waals surface area contributed by atoms with Crippen molar-refractivity contribution in [3.8, 4) is 0 Å². The highest BCUT2D eigenvalue weighted by atomic mass is 16.3. The number of carbonyl (C=O) groups excluding carboxylic acids is 1. The quantitative estimate of drug-likeness (QED) is 0.797. The number of benzene rings is 1. The molecule has 1 unspecified atom stereocenters. The molecule has 0 aliphatic rings. The molecule has 111 valence electrons. The first-order chi connectivity index (χ1) is 9.43. The predicted octanol–water partition coefficient (Wildman–Crippen LogP) is 1.72. The number of hydrogen-bond donors (Lipinski definition) is 2. The minimum absolute atomic E-state index is 0.0362. The average molecular weight is 278 g/mol. The van der Waals surface area contributed by atoms with Gasteiger partial charge in [0.05, 0.1) is 19.1 Å². The van der Waals surface area contributed by atoms with E-state index < -0.39 is 0 Å². The van der Waals surface area contributed by atoms with Gasteiger partial charge in [0.1, 0.15) is 0 Å². The van der Waals surface area contributed by atoms with Crippen LogP contribution in [-0.4, -0.2) is 42.8 Å². The topological polar surface area (TPSA) is 60.8 Å². The van der Waals surface area contributed by atoms with Gasteiger partial charge in [0.15, 0.2) is 0 Å². The fourth-order valence-corrected chi connectivity index (χ4v) is 2.23. The summed E-state index contributed by atoms with van der Waals surface area (Å²) in [6.45, 7) is 7.06. The SMILES string of the molecule is CC(C)(C)C([C]=O)c1ccc(N(CCO)CCO)cc1. The third kappa shape index (κ3) is 4.32. The first kappa shape index (κ1) is 16.7. The van der Waals surface area contributed by atoms with Crippen molar-refractivity contribution < 1.29 is 15.0 Å². The Balaban J connectivity index is 2.94. The van der Waals surface area contributed by atoms with E-state index in [9.17, 15) is 4.79 Å². The van der Waals surface area contributed by atoms with Gasteiger partial charge in [-0.05, 0) is 23.1 Å². The molecule has 0 saturated carbocycles. The fraction of sp³-hybridized carbons (Fsp3) is 0.562. The maximum absolute atomic E-state index is 11.2. The van der Waals surface area contributed by atoms with Crippen molar-refractivity contribution in [3.05, 3.63) is 29.8 Å². The zero-order valence-corrected chi connectivity index (χ0v) is 12.5. The molecular formula is C16H24NO3. The van der Waals surface area contributed by atoms with Crippen LogP contribution < -0.4 is 4.90 Å². The van der Waals surface area contributed by atoms with E-state index in [1.165, 1.54) is 0 Å². The van der Waals surface area contributed by atoms with Crippen LogP contribution in [0.15, 0.2) is 24.3 Å². The van der Waals surface area contributed by atoms with Crippen molar-refractivity contribution in [1.82, 2.24) is 0 Å². The third-order valence-corrected chi connectivity index (χ3v) is 3.32. The van der Waals surface area contributed by atoms with Gasteiger partial charge in [-0.1, -0.05) is 32.9 Å². The van der Waals surface area contributed by atoms with E-state index >= 15 is 0 Å². The largest absolute Gasteiger partial charge is 0.395 e. The molecule has 20 heavy (non-hydrogen) atoms. The Kier molecular flexibility index (Phi) is 6.17. The molecule has 0 fully saturated rings. The minimum atomic E-state index is -0.263. The molecule has 0 aliphatic heterocycles. The van der Waals surface area contributed by atoms with Gasteiger partial charge < -0.3 is 15.1 Å². The highest BCUT2D eigenvalue weighted by molar-refractivity contribution is 5.65. The Bertz CT molecular complexity index is 403. The van der Waals surface area contributed by atoms with Crippen LogP contribution in [0.3, 0.4) is 0 Å². The van der Waals surface area contributed by atoms with Gasteiger partial charge in [0.25, 0.3) is 0 Å². The van der Waals surface area contributed by atoms with Crippen LogP contribution in [0.25, 0.3) is 0 Å². The number of anilines is 1. The fourth-order valence-electron chi connectivity index (χ4n) is 2.23. The van der Waals surface area contributed by atoms with Gasteiger partial charge in [0.2, 0.25) is 6.29 Å². The van der Waals surface area contributed by atoms with E-state index in [0.717, 1.165) is 11.3 Å². The summed E-state index contributed by atoms with van der Waals surface area (Å²) < 4.78 is 0. The molecule has 1 aromatic carbocycles. The Morgan fingerprint density at radius 2 is 1.60 bits per heavy atom. The lowest BCUT2D eigenvalue weighted by molar-refractivity contribution is 0.281. The first-order valence-electron chi connectivity index (χ1n) is 6.88. The minimum Gasteiger partial charge on any atom is -0.395 e. The van der Waals surface area contributed by atoms with E-state index in [2.05, 4.69) is 6.29 Å². The summed E-state index contributed by atoms with van der Waals surface area (Å²) in [6, 6.07) is 7.66. The van der Waals surface area contributed by atoms with E-state index in [1.54, 1.807) is 0 Å². The second-order valence-electron chi connectivity index (χ2n) is 5.94. The third-order valence-electron chi connectivity index (χ3n) is 3.32. The van der Waals surface area contributed by atoms with Crippen LogP contribution in [0.1, 0.15) is 32.3 Å². The number of aliphatic hydroxyl groups is 2. The first-order valence-corrected chi connectivity index (χ1v) is 6.88. The molecule has 0 aromatic heterocycles. The molecule has 1 rings (SSSR count). The maximum atomic E-state index is 11.2. The lowest BCUT2D eigenvalue weighted by atomic mass is 9.77. The summed E-state index contributed by atoms with van der Waals surface area (Å²) >= 11 is 0. The summed E-state index contributed by atoms with van der Waals surface area (Å²) in [5, 5.41) is 18.1. The van der Waals surface area contributed by atoms with E-state index in [0.29, 0.717) is 13.1 Å². The number of aliphatic hydroxyl groups excluding tert-OH is 2. The second-order valence-corrected chi connectivity index (χ2v) is 5.94. The number of rotatable bonds is 7. The summed E-state index contributed by atoms with van der Waals surface area (Å²) in [6.07, 6.45) is 2.11. The van der Waals surface area contributed by atoms with Crippen molar-refractivity contribution in [3.63, 3.8) is 0 Å². The smallest absolute Gasteiger partial charge is 0.207 e. The van der Waals surface area contributed by atoms with Crippen LogP contribution >= 0.6 is 0 Å². The molecule has 0 bridgehead atoms. The molecule has 2 N–H and O–H groups in total. The molecule has 1 radical (unpaired) electrons. The van der Waals surface area contributed by atoms with Gasteiger partial charge in [-0.3, -0.25) is 4.79 Å². The van der Waals surface area contributed by atoms with Crippen LogP contribution in [0.2, 0.25) is 0 Å². The standard InChI is InChI=1S/C16H24NO3/c1-16(2,3)15(12-20)13-4-6-14(7-5-13)17(8-10-18)9-11-19/h4-7,15,18-19H,8-11H2,1-3H3. The van der Waals surface area contributed by atoms with Crippen molar-refractivity contribution in [1.29, 1.82) is 0 Å². The van der Waals surface area contributed by atoms with Crippen LogP contribution in [0.5, 0.6) is 0 Å². The molecule has 0 heterocycles. The Labute approximate surface area is 121 Å². The van der Waals surface area contributed by atoms with Gasteiger partial charge in [-0.25, -0.2) is 0 Å². The molecule has 4 heteroatoms. The summed E-state index contributed by atoms with van der Waals surface area (Å²) in [5.74, 6) is -0.263. The van der Waals surface area contributed by atoms with Crippen molar-refractivity contribution in [2.45, 2.75) is 26.7 Å². The molecular weight excluding hydrogens is 254 g/mol. The highest BCUT2D eigenvalue weighted by Gasteiger charge is 2.26. The normalized spacial score (nSPS) is 13.1. The van der Waals surface area contributed by atoms with Crippen LogP contribution in [0.4, 0.5) is 5.69 Å². The van der Waals surface area contributed by atoms with Gasteiger partial charge in [0, 0.05) is 18.8 Å². The molecule has 1 atom stereocenters. The summed E-state index contributed by atoms with van der Waals surface area (Å²) in [5.41, 5.74) is 1.69. The second kappa shape index (κ2) is 7.41. The summed E-state index contributed by atoms with van der Waals surface area (Å²) in [7, 11) is 0. The van der Waals surface area contributed by atoms with E-state index in [1.807, 2.05) is 49.9 Å². The molecule has 4 nitrogen and oxygen atoms in total. The van der Waals surface area contributed by atoms with Crippen molar-refractivity contribution in [2.75, 3.05) is 31.2 Å². The zero-order valence-electron chi connectivity index (χ0n) is 12.5. The molecule has 0 spiro atoms. The van der Waals surface area contributed by atoms with Gasteiger partial charge >= 0.3 is 0 Å². The van der Waals surface area contributed by atoms with Crippen LogP contribution in [-0.2, 0) is 4.79 Å². The Morgan fingerprint density at radius 1 is 1.10 bits per heavy atom. The predicted molar refractivity (Wildman–Crippen MR) is 80.7 cm³/mol. The molecule has 0 amide bonds. The molecule has 1 aromatic rings. The highest BCUT2D eigenvalue weighted by Crippen LogP contribution is 2.33. The van der Waals surface area contributed by atoms with Gasteiger partial charge in [-0.15, -0.1) is 0 Å². The monoisotopic (exact) mass is 278 g/mol. The van der Waals surface area contributed by atoms with Crippen LogP contribution in [0, 0.1) is 5.41 Å². The molecule has 0 aliphatic carbocycles. The Hall–Kier alpha value is -1.39. The Morgan fingerprint density at radius 3 is 1.95 bits per heavy atom. The zero-order chi connectivity index (χ0) is 15.2. The van der Waals surface area contributed by atoms with E-state index in [4.69, 9.17) is 10.2 Å². The number of nitrogens with zero attached hydrogens (tertiary/aromatic N) is 1. The van der Waals surface area contributed by atoms with Crippen molar-refractivity contribution >= 4 is 12.0 Å². The lowest BCUT2D eigenvalue weighted by Crippen LogP contribution is -2.29. The maximum Gasteiger partial charge on any atom is 0.207 e.